The number of carbonyl (C=O) groups is 1. The number of Topliss-reactive ketones (excluding diaryl/α,β-unsaturated/α-hetero) is 1. The molecule has 0 fully saturated rings. The third-order valence-electron chi connectivity index (χ3n) is 3.32. The fourth-order valence-corrected chi connectivity index (χ4v) is 3.53. The number of pyridine rings is 1. The second-order valence-corrected chi connectivity index (χ2v) is 5.77. The number of hydrogen-bond donors (Lipinski definition) is 0. The lowest BCUT2D eigenvalue weighted by atomic mass is 9.93. The second-order valence-electron chi connectivity index (χ2n) is 4.49. The number of nitrogens with zero attached hydrogens (tertiary/aromatic N) is 1. The summed E-state index contributed by atoms with van der Waals surface area (Å²) in [6, 6.07) is 8.13. The van der Waals surface area contributed by atoms with Crippen LogP contribution in [0.15, 0.2) is 29.2 Å². The molecule has 2 nitrogen and oxygen atoms in total. The molecule has 0 unspecified atom stereocenters. The van der Waals surface area contributed by atoms with E-state index in [-0.39, 0.29) is 5.78 Å². The van der Waals surface area contributed by atoms with Gasteiger partial charge in [0.2, 0.25) is 0 Å². The first-order valence-electron chi connectivity index (χ1n) is 6.39. The third kappa shape index (κ3) is 1.83. The topological polar surface area (TPSA) is 30.0 Å². The van der Waals surface area contributed by atoms with Gasteiger partial charge in [-0.15, -0.1) is 11.8 Å². The summed E-state index contributed by atoms with van der Waals surface area (Å²) in [6.07, 6.45) is 2.60. The van der Waals surface area contributed by atoms with Gasteiger partial charge in [-0.2, -0.15) is 0 Å². The zero-order valence-corrected chi connectivity index (χ0v) is 11.2. The monoisotopic (exact) mass is 257 g/mol. The van der Waals surface area contributed by atoms with Crippen molar-refractivity contribution < 1.29 is 4.79 Å². The molecule has 0 amide bonds. The Morgan fingerprint density at radius 1 is 1.28 bits per heavy atom. The van der Waals surface area contributed by atoms with Gasteiger partial charge >= 0.3 is 0 Å². The minimum Gasteiger partial charge on any atom is -0.292 e. The van der Waals surface area contributed by atoms with Gasteiger partial charge in [0.25, 0.3) is 0 Å². The Labute approximate surface area is 111 Å². The molecule has 1 heterocycles. The van der Waals surface area contributed by atoms with Crippen LogP contribution in [0.25, 0.3) is 10.9 Å². The highest BCUT2D eigenvalue weighted by Gasteiger charge is 2.23. The molecule has 1 aliphatic carbocycles. The van der Waals surface area contributed by atoms with Crippen molar-refractivity contribution in [3.05, 3.63) is 35.5 Å². The molecule has 0 saturated heterocycles. The zero-order chi connectivity index (χ0) is 12.5. The number of hydrogen-bond acceptors (Lipinski definition) is 3. The SMILES string of the molecule is CCSc1c2c(nc3ccccc13)C(=O)CCC2. The van der Waals surface area contributed by atoms with E-state index in [9.17, 15) is 4.79 Å². The van der Waals surface area contributed by atoms with E-state index in [4.69, 9.17) is 0 Å². The number of rotatable bonds is 2. The number of fused-ring (bicyclic) bond motifs is 2. The molecule has 0 spiro atoms. The van der Waals surface area contributed by atoms with Crippen LogP contribution in [0.1, 0.15) is 35.8 Å². The van der Waals surface area contributed by atoms with Crippen LogP contribution in [-0.2, 0) is 6.42 Å². The van der Waals surface area contributed by atoms with Gasteiger partial charge < -0.3 is 0 Å². The number of para-hydroxylation sites is 1. The van der Waals surface area contributed by atoms with Crippen LogP contribution in [0, 0.1) is 0 Å². The van der Waals surface area contributed by atoms with Crippen molar-refractivity contribution in [1.29, 1.82) is 0 Å². The summed E-state index contributed by atoms with van der Waals surface area (Å²) >= 11 is 1.83. The molecule has 1 aromatic carbocycles. The molecular formula is C15H15NOS. The minimum absolute atomic E-state index is 0.208. The maximum Gasteiger partial charge on any atom is 0.181 e. The van der Waals surface area contributed by atoms with E-state index in [1.807, 2.05) is 30.0 Å². The molecule has 0 saturated carbocycles. The van der Waals surface area contributed by atoms with Crippen molar-refractivity contribution in [3.8, 4) is 0 Å². The van der Waals surface area contributed by atoms with Crippen LogP contribution >= 0.6 is 11.8 Å². The lowest BCUT2D eigenvalue weighted by molar-refractivity contribution is 0.0967. The van der Waals surface area contributed by atoms with Gasteiger partial charge in [0.1, 0.15) is 5.69 Å². The molecule has 18 heavy (non-hydrogen) atoms. The van der Waals surface area contributed by atoms with E-state index < -0.39 is 0 Å². The Balaban J connectivity index is 2.33. The Hall–Kier alpha value is -1.35. The van der Waals surface area contributed by atoms with Crippen molar-refractivity contribution in [2.24, 2.45) is 0 Å². The summed E-state index contributed by atoms with van der Waals surface area (Å²) in [5.74, 6) is 1.23. The fourth-order valence-electron chi connectivity index (χ4n) is 2.54. The van der Waals surface area contributed by atoms with Crippen molar-refractivity contribution in [2.75, 3.05) is 5.75 Å². The van der Waals surface area contributed by atoms with Gasteiger partial charge in [0.15, 0.2) is 5.78 Å². The third-order valence-corrected chi connectivity index (χ3v) is 4.37. The van der Waals surface area contributed by atoms with Crippen LogP contribution in [-0.4, -0.2) is 16.5 Å². The summed E-state index contributed by atoms with van der Waals surface area (Å²) in [7, 11) is 0. The van der Waals surface area contributed by atoms with Crippen LogP contribution in [0.3, 0.4) is 0 Å². The molecule has 1 aliphatic rings. The Morgan fingerprint density at radius 3 is 2.94 bits per heavy atom. The first-order valence-corrected chi connectivity index (χ1v) is 7.37. The number of carbonyl (C=O) groups excluding carboxylic acids is 1. The number of benzene rings is 1. The first kappa shape index (κ1) is 11.7. The Morgan fingerprint density at radius 2 is 2.11 bits per heavy atom. The van der Waals surface area contributed by atoms with Crippen molar-refractivity contribution in [2.45, 2.75) is 31.1 Å². The lowest BCUT2D eigenvalue weighted by Gasteiger charge is -2.19. The largest absolute Gasteiger partial charge is 0.292 e. The van der Waals surface area contributed by atoms with Gasteiger partial charge in [-0.3, -0.25) is 4.79 Å². The van der Waals surface area contributed by atoms with Gasteiger partial charge in [0.05, 0.1) is 5.52 Å². The molecule has 0 radical (unpaired) electrons. The first-order chi connectivity index (χ1) is 8.81. The Kier molecular flexibility index (Phi) is 3.08. The lowest BCUT2D eigenvalue weighted by Crippen LogP contribution is -2.14. The Bertz CT molecular complexity index is 621. The normalized spacial score (nSPS) is 14.8. The summed E-state index contributed by atoms with van der Waals surface area (Å²) < 4.78 is 0. The molecule has 0 atom stereocenters. The second kappa shape index (κ2) is 4.73. The average Bonchev–Trinajstić information content (AvgIpc) is 2.40. The van der Waals surface area contributed by atoms with Gasteiger partial charge in [-0.25, -0.2) is 4.98 Å². The summed E-state index contributed by atoms with van der Waals surface area (Å²) in [4.78, 5) is 17.9. The number of aromatic nitrogens is 1. The molecule has 3 rings (SSSR count). The summed E-state index contributed by atoms with van der Waals surface area (Å²) in [5, 5.41) is 1.19. The summed E-state index contributed by atoms with van der Waals surface area (Å²) in [6.45, 7) is 2.15. The van der Waals surface area contributed by atoms with E-state index >= 15 is 0 Å². The van der Waals surface area contributed by atoms with Crippen LogP contribution in [0.5, 0.6) is 0 Å². The predicted octanol–water partition coefficient (Wildman–Crippen LogP) is 3.87. The number of ketones is 1. The van der Waals surface area contributed by atoms with Crippen molar-refractivity contribution >= 4 is 28.4 Å². The van der Waals surface area contributed by atoms with Gasteiger partial charge in [-0.05, 0) is 30.2 Å². The van der Waals surface area contributed by atoms with Gasteiger partial charge in [0, 0.05) is 16.7 Å². The average molecular weight is 257 g/mol. The van der Waals surface area contributed by atoms with Crippen molar-refractivity contribution in [3.63, 3.8) is 0 Å². The molecule has 0 bridgehead atoms. The summed E-state index contributed by atoms with van der Waals surface area (Å²) in [5.41, 5.74) is 2.84. The quantitative estimate of drug-likeness (QED) is 0.765. The van der Waals surface area contributed by atoms with E-state index in [1.54, 1.807) is 0 Å². The standard InChI is InChI=1S/C15H15NOS/c1-2-18-15-10-6-3-4-8-12(10)16-14-11(15)7-5-9-13(14)17/h3-4,6,8H,2,5,7,9H2,1H3. The minimum atomic E-state index is 0.208. The molecule has 2 aromatic rings. The van der Waals surface area contributed by atoms with E-state index in [2.05, 4.69) is 18.0 Å². The highest BCUT2D eigenvalue weighted by atomic mass is 32.2. The number of thioether (sulfide) groups is 1. The maximum atomic E-state index is 12.0. The predicted molar refractivity (Wildman–Crippen MR) is 75.4 cm³/mol. The maximum absolute atomic E-state index is 12.0. The smallest absolute Gasteiger partial charge is 0.181 e. The van der Waals surface area contributed by atoms with E-state index in [0.29, 0.717) is 6.42 Å². The molecule has 0 aliphatic heterocycles. The zero-order valence-electron chi connectivity index (χ0n) is 10.4. The molecule has 92 valence electrons. The molecule has 0 N–H and O–H groups in total. The van der Waals surface area contributed by atoms with Crippen LogP contribution in [0.4, 0.5) is 0 Å². The van der Waals surface area contributed by atoms with Crippen LogP contribution < -0.4 is 0 Å². The molecule has 1 aromatic heterocycles. The highest BCUT2D eigenvalue weighted by molar-refractivity contribution is 7.99. The highest BCUT2D eigenvalue weighted by Crippen LogP contribution is 2.35. The molecule has 3 heteroatoms. The fraction of sp³-hybridized carbons (Fsp3) is 0.333. The van der Waals surface area contributed by atoms with Crippen molar-refractivity contribution in [1.82, 2.24) is 4.98 Å². The van der Waals surface area contributed by atoms with E-state index in [0.717, 1.165) is 29.8 Å². The van der Waals surface area contributed by atoms with Crippen LogP contribution in [0.2, 0.25) is 0 Å². The van der Waals surface area contributed by atoms with Gasteiger partial charge in [-0.1, -0.05) is 25.1 Å². The van der Waals surface area contributed by atoms with E-state index in [1.165, 1.54) is 15.8 Å². The molecular weight excluding hydrogens is 242 g/mol.